The molecule has 0 atom stereocenters. The highest BCUT2D eigenvalue weighted by atomic mass is 79.9. The van der Waals surface area contributed by atoms with Crippen molar-refractivity contribution in [1.82, 2.24) is 14.6 Å². The molecule has 114 valence electrons. The first-order valence-corrected chi connectivity index (χ1v) is 7.98. The lowest BCUT2D eigenvalue weighted by atomic mass is 10.2. The summed E-state index contributed by atoms with van der Waals surface area (Å²) in [5, 5.41) is 0.932. The van der Waals surface area contributed by atoms with Crippen LogP contribution in [0.15, 0.2) is 64.1 Å². The van der Waals surface area contributed by atoms with Crippen LogP contribution in [-0.4, -0.2) is 14.6 Å². The van der Waals surface area contributed by atoms with Gasteiger partial charge in [-0.25, -0.2) is 9.66 Å². The predicted molar refractivity (Wildman–Crippen MR) is 95.1 cm³/mol. The Kier molecular flexibility index (Phi) is 3.38. The molecular weight excluding hydrogens is 356 g/mol. The van der Waals surface area contributed by atoms with Gasteiger partial charge in [0.25, 0.3) is 5.56 Å². The number of halogens is 1. The molecular formula is C17H13BrN4O. The summed E-state index contributed by atoms with van der Waals surface area (Å²) < 4.78 is 2.37. The number of hydrogen-bond acceptors (Lipinski definition) is 3. The Bertz CT molecular complexity index is 1050. The topological polar surface area (TPSA) is 62.7 Å². The quantitative estimate of drug-likeness (QED) is 0.582. The second kappa shape index (κ2) is 5.55. The smallest absolute Gasteiger partial charge is 0.296 e. The summed E-state index contributed by atoms with van der Waals surface area (Å²) in [4.78, 5) is 20.2. The molecule has 2 N–H and O–H groups in total. The minimum atomic E-state index is -0.141. The first-order valence-electron chi connectivity index (χ1n) is 7.19. The summed E-state index contributed by atoms with van der Waals surface area (Å²) in [6.45, 7) is 0.555. The summed E-state index contributed by atoms with van der Waals surface area (Å²) in [5.74, 6) is 0. The van der Waals surface area contributed by atoms with Gasteiger partial charge < -0.3 is 10.4 Å². The molecule has 0 aliphatic carbocycles. The minimum absolute atomic E-state index is 0.141. The number of benzene rings is 2. The molecule has 2 aromatic heterocycles. The van der Waals surface area contributed by atoms with Gasteiger partial charge in [0.05, 0.1) is 6.54 Å². The lowest BCUT2D eigenvalue weighted by Crippen LogP contribution is -2.28. The second-order valence-corrected chi connectivity index (χ2v) is 6.19. The molecule has 0 saturated carbocycles. The zero-order valence-electron chi connectivity index (χ0n) is 12.1. The van der Waals surface area contributed by atoms with Crippen LogP contribution in [0.3, 0.4) is 0 Å². The van der Waals surface area contributed by atoms with Crippen LogP contribution in [0, 0.1) is 0 Å². The molecule has 0 unspecified atom stereocenters. The van der Waals surface area contributed by atoms with Crippen molar-refractivity contribution in [3.8, 4) is 0 Å². The van der Waals surface area contributed by atoms with Crippen molar-refractivity contribution in [1.29, 1.82) is 0 Å². The Balaban J connectivity index is 1.76. The van der Waals surface area contributed by atoms with E-state index in [-0.39, 0.29) is 5.56 Å². The third-order valence-electron chi connectivity index (χ3n) is 3.76. The fourth-order valence-electron chi connectivity index (χ4n) is 2.61. The molecule has 0 fully saturated rings. The number of nitrogens with one attached hydrogen (secondary N) is 2. The van der Waals surface area contributed by atoms with Gasteiger partial charge in [0.15, 0.2) is 0 Å². The van der Waals surface area contributed by atoms with Crippen LogP contribution >= 0.6 is 15.9 Å². The van der Waals surface area contributed by atoms with Crippen LogP contribution in [0.5, 0.6) is 0 Å². The molecule has 0 aliphatic rings. The Morgan fingerprint density at radius 1 is 1.17 bits per heavy atom. The van der Waals surface area contributed by atoms with E-state index >= 15 is 0 Å². The highest BCUT2D eigenvalue weighted by Gasteiger charge is 2.11. The Morgan fingerprint density at radius 3 is 2.83 bits per heavy atom. The monoisotopic (exact) mass is 368 g/mol. The third-order valence-corrected chi connectivity index (χ3v) is 4.26. The number of rotatable bonds is 3. The van der Waals surface area contributed by atoms with E-state index in [1.807, 2.05) is 48.5 Å². The molecule has 2 heterocycles. The van der Waals surface area contributed by atoms with Crippen LogP contribution in [0.1, 0.15) is 5.56 Å². The fraction of sp³-hybridized carbons (Fsp3) is 0.0588. The SMILES string of the molecule is O=c1c2[nH]c3ccc(Br)cc3c2ncn1NCc1ccccc1. The minimum Gasteiger partial charge on any atom is -0.349 e. The van der Waals surface area contributed by atoms with E-state index in [0.717, 1.165) is 20.9 Å². The number of aromatic amines is 1. The van der Waals surface area contributed by atoms with Crippen molar-refractivity contribution in [2.24, 2.45) is 0 Å². The average Bonchev–Trinajstić information content (AvgIpc) is 2.94. The Labute approximate surface area is 140 Å². The highest BCUT2D eigenvalue weighted by molar-refractivity contribution is 9.10. The van der Waals surface area contributed by atoms with Crippen LogP contribution in [0.2, 0.25) is 0 Å². The summed E-state index contributed by atoms with van der Waals surface area (Å²) in [5.41, 5.74) is 6.13. The zero-order chi connectivity index (χ0) is 15.8. The molecule has 2 aromatic carbocycles. The molecule has 0 spiro atoms. The summed E-state index contributed by atoms with van der Waals surface area (Å²) in [6.07, 6.45) is 1.53. The fourth-order valence-corrected chi connectivity index (χ4v) is 2.97. The molecule has 0 aliphatic heterocycles. The largest absolute Gasteiger partial charge is 0.349 e. The molecule has 0 radical (unpaired) electrons. The average molecular weight is 369 g/mol. The van der Waals surface area contributed by atoms with E-state index in [9.17, 15) is 4.79 Å². The maximum absolute atomic E-state index is 12.6. The summed E-state index contributed by atoms with van der Waals surface area (Å²) >= 11 is 3.45. The number of fused-ring (bicyclic) bond motifs is 3. The van der Waals surface area contributed by atoms with Gasteiger partial charge in [0, 0.05) is 15.4 Å². The van der Waals surface area contributed by atoms with Crippen molar-refractivity contribution < 1.29 is 0 Å². The normalized spacial score (nSPS) is 11.2. The van der Waals surface area contributed by atoms with E-state index in [1.54, 1.807) is 0 Å². The van der Waals surface area contributed by atoms with Crippen molar-refractivity contribution in [3.05, 3.63) is 75.2 Å². The van der Waals surface area contributed by atoms with E-state index in [1.165, 1.54) is 11.0 Å². The number of nitrogens with zero attached hydrogens (tertiary/aromatic N) is 2. The van der Waals surface area contributed by atoms with Crippen LogP contribution < -0.4 is 11.0 Å². The molecule has 0 amide bonds. The standard InChI is InChI=1S/C17H13BrN4O/c18-12-6-7-14-13(8-12)15-16(21-14)17(23)22(10-19-15)20-9-11-4-2-1-3-5-11/h1-8,10,20-21H,9H2. The lowest BCUT2D eigenvalue weighted by Gasteiger charge is -2.08. The zero-order valence-corrected chi connectivity index (χ0v) is 13.7. The number of hydrogen-bond donors (Lipinski definition) is 2. The van der Waals surface area contributed by atoms with Gasteiger partial charge >= 0.3 is 0 Å². The Morgan fingerprint density at radius 2 is 2.00 bits per heavy atom. The molecule has 5 nitrogen and oxygen atoms in total. The van der Waals surface area contributed by atoms with Gasteiger partial charge in [-0.1, -0.05) is 46.3 Å². The van der Waals surface area contributed by atoms with E-state index in [0.29, 0.717) is 17.6 Å². The van der Waals surface area contributed by atoms with Crippen molar-refractivity contribution in [3.63, 3.8) is 0 Å². The van der Waals surface area contributed by atoms with Gasteiger partial charge in [0.2, 0.25) is 0 Å². The van der Waals surface area contributed by atoms with Gasteiger partial charge in [-0.05, 0) is 23.8 Å². The van der Waals surface area contributed by atoms with Gasteiger partial charge in [-0.15, -0.1) is 0 Å². The van der Waals surface area contributed by atoms with Crippen molar-refractivity contribution in [2.75, 3.05) is 5.43 Å². The first-order chi connectivity index (χ1) is 11.2. The maximum Gasteiger partial charge on any atom is 0.296 e. The summed E-state index contributed by atoms with van der Waals surface area (Å²) in [7, 11) is 0. The lowest BCUT2D eigenvalue weighted by molar-refractivity contribution is 0.790. The van der Waals surface area contributed by atoms with Crippen LogP contribution in [0.25, 0.3) is 21.9 Å². The van der Waals surface area contributed by atoms with Crippen molar-refractivity contribution in [2.45, 2.75) is 6.54 Å². The number of aromatic nitrogens is 3. The molecule has 0 saturated heterocycles. The maximum atomic E-state index is 12.6. The van der Waals surface area contributed by atoms with Crippen LogP contribution in [0.4, 0.5) is 0 Å². The van der Waals surface area contributed by atoms with Crippen LogP contribution in [-0.2, 0) is 6.54 Å². The molecule has 4 rings (SSSR count). The van der Waals surface area contributed by atoms with E-state index < -0.39 is 0 Å². The van der Waals surface area contributed by atoms with E-state index in [2.05, 4.69) is 31.3 Å². The van der Waals surface area contributed by atoms with Crippen molar-refractivity contribution >= 4 is 37.9 Å². The predicted octanol–water partition coefficient (Wildman–Crippen LogP) is 3.38. The third kappa shape index (κ3) is 2.51. The molecule has 0 bridgehead atoms. The van der Waals surface area contributed by atoms with Gasteiger partial charge in [-0.3, -0.25) is 4.79 Å². The van der Waals surface area contributed by atoms with Gasteiger partial charge in [-0.2, -0.15) is 0 Å². The number of H-pyrrole nitrogens is 1. The molecule has 6 heteroatoms. The summed E-state index contributed by atoms with van der Waals surface area (Å²) in [6, 6.07) is 15.7. The highest BCUT2D eigenvalue weighted by Crippen LogP contribution is 2.24. The van der Waals surface area contributed by atoms with Gasteiger partial charge in [0.1, 0.15) is 17.4 Å². The van der Waals surface area contributed by atoms with E-state index in [4.69, 9.17) is 0 Å². The molecule has 4 aromatic rings. The molecule has 23 heavy (non-hydrogen) atoms. The second-order valence-electron chi connectivity index (χ2n) is 5.28. The first kappa shape index (κ1) is 14.0. The Hall–Kier alpha value is -2.60.